The van der Waals surface area contributed by atoms with E-state index in [9.17, 15) is 8.78 Å². The molecule has 0 amide bonds. The van der Waals surface area contributed by atoms with Crippen LogP contribution >= 0.6 is 12.4 Å². The summed E-state index contributed by atoms with van der Waals surface area (Å²) in [6.45, 7) is 4.07. The zero-order chi connectivity index (χ0) is 14.3. The van der Waals surface area contributed by atoms with Crippen molar-refractivity contribution in [1.29, 1.82) is 0 Å². The van der Waals surface area contributed by atoms with Crippen molar-refractivity contribution in [2.75, 3.05) is 13.1 Å². The van der Waals surface area contributed by atoms with Crippen LogP contribution in [-0.2, 0) is 0 Å². The minimum absolute atomic E-state index is 0. The van der Waals surface area contributed by atoms with Gasteiger partial charge in [0, 0.05) is 25.2 Å². The Morgan fingerprint density at radius 3 is 2.62 bits per heavy atom. The second-order valence-corrected chi connectivity index (χ2v) is 6.32. The van der Waals surface area contributed by atoms with Crippen LogP contribution in [0.4, 0.5) is 8.78 Å². The first-order chi connectivity index (χ1) is 9.56. The summed E-state index contributed by atoms with van der Waals surface area (Å²) in [6, 6.07) is 4.64. The maximum atomic E-state index is 13.4. The van der Waals surface area contributed by atoms with Gasteiger partial charge in [-0.2, -0.15) is 0 Å². The van der Waals surface area contributed by atoms with Crippen LogP contribution in [0.15, 0.2) is 18.2 Å². The number of nitrogens with zero attached hydrogens (tertiary/aromatic N) is 1. The van der Waals surface area contributed by atoms with Gasteiger partial charge in [-0.1, -0.05) is 12.5 Å². The van der Waals surface area contributed by atoms with E-state index < -0.39 is 11.6 Å². The third-order valence-electron chi connectivity index (χ3n) is 5.16. The van der Waals surface area contributed by atoms with E-state index in [1.165, 1.54) is 25.0 Å². The molecule has 1 saturated heterocycles. The van der Waals surface area contributed by atoms with Gasteiger partial charge in [0.1, 0.15) is 0 Å². The highest BCUT2D eigenvalue weighted by Gasteiger charge is 2.40. The number of nitrogens with two attached hydrogens (primary N) is 1. The molecule has 5 heteroatoms. The largest absolute Gasteiger partial charge is 0.327 e. The summed E-state index contributed by atoms with van der Waals surface area (Å²) in [6.07, 6.45) is 3.59. The molecule has 118 valence electrons. The van der Waals surface area contributed by atoms with E-state index >= 15 is 0 Å². The minimum atomic E-state index is -0.780. The molecule has 0 bridgehead atoms. The van der Waals surface area contributed by atoms with E-state index in [1.54, 1.807) is 6.07 Å². The van der Waals surface area contributed by atoms with Gasteiger partial charge in [0.25, 0.3) is 0 Å². The molecule has 1 aromatic rings. The molecule has 21 heavy (non-hydrogen) atoms. The molecular weight excluding hydrogens is 294 g/mol. The maximum absolute atomic E-state index is 13.4. The number of likely N-dealkylation sites (tertiary alicyclic amines) is 1. The predicted octanol–water partition coefficient (Wildman–Crippen LogP) is 3.51. The van der Waals surface area contributed by atoms with Gasteiger partial charge in [0.05, 0.1) is 0 Å². The molecule has 4 unspecified atom stereocenters. The molecular formula is C16H23ClF2N2. The van der Waals surface area contributed by atoms with Crippen LogP contribution in [0.1, 0.15) is 37.8 Å². The lowest BCUT2D eigenvalue weighted by Gasteiger charge is -2.30. The van der Waals surface area contributed by atoms with Gasteiger partial charge in [-0.05, 0) is 49.3 Å². The summed E-state index contributed by atoms with van der Waals surface area (Å²) < 4.78 is 26.4. The molecule has 0 spiro atoms. The molecule has 0 radical (unpaired) electrons. The van der Waals surface area contributed by atoms with Gasteiger partial charge < -0.3 is 5.73 Å². The molecule has 1 aromatic carbocycles. The Balaban J connectivity index is 0.00000161. The quantitative estimate of drug-likeness (QED) is 0.904. The van der Waals surface area contributed by atoms with Crippen LogP contribution < -0.4 is 5.73 Å². The van der Waals surface area contributed by atoms with E-state index in [0.29, 0.717) is 17.9 Å². The normalized spacial score (nSPS) is 30.6. The van der Waals surface area contributed by atoms with E-state index in [-0.39, 0.29) is 18.4 Å². The fourth-order valence-electron chi connectivity index (χ4n) is 3.85. The first kappa shape index (κ1) is 16.7. The zero-order valence-corrected chi connectivity index (χ0v) is 13.1. The van der Waals surface area contributed by atoms with Crippen molar-refractivity contribution >= 4 is 12.4 Å². The van der Waals surface area contributed by atoms with Crippen LogP contribution in [0.5, 0.6) is 0 Å². The minimum Gasteiger partial charge on any atom is -0.327 e. The van der Waals surface area contributed by atoms with Crippen molar-refractivity contribution in [3.63, 3.8) is 0 Å². The van der Waals surface area contributed by atoms with Crippen molar-refractivity contribution in [2.24, 2.45) is 17.6 Å². The van der Waals surface area contributed by atoms with Crippen LogP contribution in [0.25, 0.3) is 0 Å². The Labute approximate surface area is 131 Å². The SMILES string of the molecule is CC(c1ccc(F)c(F)c1)N1CC2CCCC(N)C2C1.Cl. The molecule has 1 heterocycles. The van der Waals surface area contributed by atoms with Crippen molar-refractivity contribution in [2.45, 2.75) is 38.3 Å². The van der Waals surface area contributed by atoms with Crippen molar-refractivity contribution in [3.8, 4) is 0 Å². The predicted molar refractivity (Wildman–Crippen MR) is 82.4 cm³/mol. The highest BCUT2D eigenvalue weighted by atomic mass is 35.5. The molecule has 0 aromatic heterocycles. The van der Waals surface area contributed by atoms with E-state index in [1.807, 2.05) is 0 Å². The summed E-state index contributed by atoms with van der Waals surface area (Å²) in [5, 5.41) is 0. The topological polar surface area (TPSA) is 29.3 Å². The Kier molecular flexibility index (Phi) is 5.23. The zero-order valence-electron chi connectivity index (χ0n) is 12.3. The van der Waals surface area contributed by atoms with Gasteiger partial charge >= 0.3 is 0 Å². The number of rotatable bonds is 2. The van der Waals surface area contributed by atoms with Crippen LogP contribution in [0, 0.1) is 23.5 Å². The summed E-state index contributed by atoms with van der Waals surface area (Å²) in [4.78, 5) is 2.37. The molecule has 2 N–H and O–H groups in total. The van der Waals surface area contributed by atoms with Gasteiger partial charge in [-0.3, -0.25) is 4.90 Å². The second kappa shape index (κ2) is 6.59. The van der Waals surface area contributed by atoms with E-state index in [0.717, 1.165) is 25.1 Å². The Morgan fingerprint density at radius 2 is 1.95 bits per heavy atom. The van der Waals surface area contributed by atoms with Gasteiger partial charge in [-0.15, -0.1) is 12.4 Å². The molecule has 2 aliphatic rings. The molecule has 3 rings (SSSR count). The third-order valence-corrected chi connectivity index (χ3v) is 5.16. The molecule has 4 atom stereocenters. The van der Waals surface area contributed by atoms with Crippen LogP contribution in [0.3, 0.4) is 0 Å². The van der Waals surface area contributed by atoms with Crippen molar-refractivity contribution in [1.82, 2.24) is 4.90 Å². The smallest absolute Gasteiger partial charge is 0.159 e. The number of benzene rings is 1. The monoisotopic (exact) mass is 316 g/mol. The standard InChI is InChI=1S/C16H22F2N2.ClH/c1-10(11-5-6-14(17)15(18)7-11)20-8-12-3-2-4-16(19)13(12)9-20;/h5-7,10,12-13,16H,2-4,8-9,19H2,1H3;1H. The molecule has 1 aliphatic carbocycles. The number of hydrogen-bond acceptors (Lipinski definition) is 2. The van der Waals surface area contributed by atoms with Crippen LogP contribution in [0.2, 0.25) is 0 Å². The van der Waals surface area contributed by atoms with Gasteiger partial charge in [-0.25, -0.2) is 8.78 Å². The number of hydrogen-bond donors (Lipinski definition) is 1. The van der Waals surface area contributed by atoms with E-state index in [2.05, 4.69) is 11.8 Å². The Morgan fingerprint density at radius 1 is 1.19 bits per heavy atom. The lowest BCUT2D eigenvalue weighted by atomic mass is 9.78. The fourth-order valence-corrected chi connectivity index (χ4v) is 3.85. The molecule has 1 saturated carbocycles. The number of fused-ring (bicyclic) bond motifs is 1. The summed E-state index contributed by atoms with van der Waals surface area (Å²) in [5.74, 6) is -0.302. The third kappa shape index (κ3) is 3.22. The average molecular weight is 317 g/mol. The summed E-state index contributed by atoms with van der Waals surface area (Å²) in [7, 11) is 0. The number of halogens is 3. The lowest BCUT2D eigenvalue weighted by molar-refractivity contribution is 0.244. The first-order valence-corrected chi connectivity index (χ1v) is 7.51. The molecule has 2 fully saturated rings. The lowest BCUT2D eigenvalue weighted by Crippen LogP contribution is -2.38. The average Bonchev–Trinajstić information content (AvgIpc) is 2.86. The molecule has 2 nitrogen and oxygen atoms in total. The highest BCUT2D eigenvalue weighted by Crippen LogP contribution is 2.39. The van der Waals surface area contributed by atoms with Gasteiger partial charge in [0.15, 0.2) is 11.6 Å². The van der Waals surface area contributed by atoms with Gasteiger partial charge in [0.2, 0.25) is 0 Å². The first-order valence-electron chi connectivity index (χ1n) is 7.51. The second-order valence-electron chi connectivity index (χ2n) is 6.32. The summed E-state index contributed by atoms with van der Waals surface area (Å²) >= 11 is 0. The maximum Gasteiger partial charge on any atom is 0.159 e. The van der Waals surface area contributed by atoms with Crippen LogP contribution in [-0.4, -0.2) is 24.0 Å². The Hall–Kier alpha value is -0.710. The summed E-state index contributed by atoms with van der Waals surface area (Å²) in [5.41, 5.74) is 7.07. The Bertz CT molecular complexity index is 497. The van der Waals surface area contributed by atoms with Crippen molar-refractivity contribution in [3.05, 3.63) is 35.4 Å². The van der Waals surface area contributed by atoms with E-state index in [4.69, 9.17) is 5.73 Å². The molecule has 1 aliphatic heterocycles. The fraction of sp³-hybridized carbons (Fsp3) is 0.625. The highest BCUT2D eigenvalue weighted by molar-refractivity contribution is 5.85. The van der Waals surface area contributed by atoms with Crippen molar-refractivity contribution < 1.29 is 8.78 Å².